The number of ether oxygens (including phenoxy) is 3. The van der Waals surface area contributed by atoms with Crippen LogP contribution in [0.3, 0.4) is 0 Å². The zero-order valence-corrected chi connectivity index (χ0v) is 7.61. The molecule has 1 fully saturated rings. The molecule has 0 bridgehead atoms. The highest BCUT2D eigenvalue weighted by molar-refractivity contribution is 5.78. The van der Waals surface area contributed by atoms with Gasteiger partial charge in [0, 0.05) is 6.92 Å². The Morgan fingerprint density at radius 2 is 2.23 bits per heavy atom. The lowest BCUT2D eigenvalue weighted by Gasteiger charge is -2.10. The van der Waals surface area contributed by atoms with E-state index >= 15 is 0 Å². The number of esters is 2. The molecule has 13 heavy (non-hydrogen) atoms. The largest absolute Gasteiger partial charge is 0.460 e. The van der Waals surface area contributed by atoms with Crippen molar-refractivity contribution in [3.8, 4) is 0 Å². The molecule has 0 spiro atoms. The molecule has 1 aliphatic rings. The molecule has 2 unspecified atom stereocenters. The summed E-state index contributed by atoms with van der Waals surface area (Å²) >= 11 is 0. The van der Waals surface area contributed by atoms with Crippen molar-refractivity contribution in [3.05, 3.63) is 0 Å². The first-order valence-electron chi connectivity index (χ1n) is 4.05. The number of carbonyl (C=O) groups excluding carboxylic acids is 2. The molecular formula is C8H12O5. The first-order chi connectivity index (χ1) is 6.09. The van der Waals surface area contributed by atoms with E-state index in [1.807, 2.05) is 0 Å². The van der Waals surface area contributed by atoms with Gasteiger partial charge in [0.2, 0.25) is 0 Å². The highest BCUT2D eigenvalue weighted by Gasteiger charge is 2.26. The fourth-order valence-electron chi connectivity index (χ4n) is 0.754. The van der Waals surface area contributed by atoms with Gasteiger partial charge in [0.1, 0.15) is 12.7 Å². The second kappa shape index (κ2) is 4.23. The van der Waals surface area contributed by atoms with Crippen LogP contribution in [-0.4, -0.2) is 37.4 Å². The Morgan fingerprint density at radius 1 is 1.62 bits per heavy atom. The topological polar surface area (TPSA) is 65.1 Å². The van der Waals surface area contributed by atoms with Crippen LogP contribution in [0, 0.1) is 0 Å². The highest BCUT2D eigenvalue weighted by Crippen LogP contribution is 2.09. The Bertz CT molecular complexity index is 209. The zero-order chi connectivity index (χ0) is 9.84. The van der Waals surface area contributed by atoms with Crippen LogP contribution in [0.25, 0.3) is 0 Å². The summed E-state index contributed by atoms with van der Waals surface area (Å²) in [6, 6.07) is 0. The minimum Gasteiger partial charge on any atom is -0.460 e. The van der Waals surface area contributed by atoms with E-state index in [2.05, 4.69) is 4.74 Å². The van der Waals surface area contributed by atoms with Crippen molar-refractivity contribution < 1.29 is 23.8 Å². The van der Waals surface area contributed by atoms with Gasteiger partial charge in [-0.25, -0.2) is 4.79 Å². The summed E-state index contributed by atoms with van der Waals surface area (Å²) in [5, 5.41) is 0. The van der Waals surface area contributed by atoms with Gasteiger partial charge in [0.05, 0.1) is 6.61 Å². The van der Waals surface area contributed by atoms with Crippen LogP contribution in [0.15, 0.2) is 0 Å². The quantitative estimate of drug-likeness (QED) is 0.454. The van der Waals surface area contributed by atoms with Crippen molar-refractivity contribution in [3.63, 3.8) is 0 Å². The van der Waals surface area contributed by atoms with Crippen molar-refractivity contribution in [2.45, 2.75) is 26.1 Å². The van der Waals surface area contributed by atoms with Gasteiger partial charge in [-0.3, -0.25) is 4.79 Å². The molecule has 0 aromatic carbocycles. The Morgan fingerprint density at radius 3 is 2.69 bits per heavy atom. The Balaban J connectivity index is 2.16. The first-order valence-corrected chi connectivity index (χ1v) is 4.05. The van der Waals surface area contributed by atoms with E-state index < -0.39 is 18.0 Å². The van der Waals surface area contributed by atoms with E-state index in [1.165, 1.54) is 13.8 Å². The van der Waals surface area contributed by atoms with Crippen molar-refractivity contribution >= 4 is 11.9 Å². The van der Waals surface area contributed by atoms with Crippen molar-refractivity contribution in [1.82, 2.24) is 0 Å². The summed E-state index contributed by atoms with van der Waals surface area (Å²) in [6.07, 6.45) is -0.801. The summed E-state index contributed by atoms with van der Waals surface area (Å²) in [5.74, 6) is -1.03. The summed E-state index contributed by atoms with van der Waals surface area (Å²) in [4.78, 5) is 21.5. The molecule has 0 aliphatic carbocycles. The summed E-state index contributed by atoms with van der Waals surface area (Å²) in [5.41, 5.74) is 0. The average molecular weight is 188 g/mol. The predicted molar refractivity (Wildman–Crippen MR) is 41.9 cm³/mol. The Hall–Kier alpha value is -1.10. The van der Waals surface area contributed by atoms with E-state index in [9.17, 15) is 9.59 Å². The normalized spacial score (nSPS) is 21.8. The molecule has 0 N–H and O–H groups in total. The molecule has 5 nitrogen and oxygen atoms in total. The van der Waals surface area contributed by atoms with Gasteiger partial charge < -0.3 is 14.2 Å². The average Bonchev–Trinajstić information content (AvgIpc) is 2.81. The van der Waals surface area contributed by atoms with Crippen LogP contribution >= 0.6 is 0 Å². The fourth-order valence-corrected chi connectivity index (χ4v) is 0.754. The molecule has 0 amide bonds. The molecule has 0 saturated carbocycles. The monoisotopic (exact) mass is 188 g/mol. The SMILES string of the molecule is CC(=O)OC(C)C(=O)OCC1CO1. The van der Waals surface area contributed by atoms with Gasteiger partial charge in [-0.15, -0.1) is 0 Å². The minimum absolute atomic E-state index is 0.0356. The van der Waals surface area contributed by atoms with Crippen molar-refractivity contribution in [2.75, 3.05) is 13.2 Å². The molecule has 0 aromatic heterocycles. The smallest absolute Gasteiger partial charge is 0.347 e. The molecule has 2 atom stereocenters. The standard InChI is InChI=1S/C8H12O5/c1-5(13-6(2)9)8(10)12-4-7-3-11-7/h5,7H,3-4H2,1-2H3. The van der Waals surface area contributed by atoms with Crippen LogP contribution in [0.5, 0.6) is 0 Å². The maximum absolute atomic E-state index is 11.1. The Labute approximate surface area is 76.0 Å². The van der Waals surface area contributed by atoms with Crippen LogP contribution in [0.1, 0.15) is 13.8 Å². The number of rotatable bonds is 4. The minimum atomic E-state index is -0.837. The highest BCUT2D eigenvalue weighted by atomic mass is 16.6. The number of epoxide rings is 1. The molecule has 5 heteroatoms. The third-order valence-electron chi connectivity index (χ3n) is 1.49. The lowest BCUT2D eigenvalue weighted by molar-refractivity contribution is -0.165. The molecule has 0 aromatic rings. The molecule has 1 aliphatic heterocycles. The maximum Gasteiger partial charge on any atom is 0.347 e. The zero-order valence-electron chi connectivity index (χ0n) is 7.61. The van der Waals surface area contributed by atoms with Gasteiger partial charge in [-0.1, -0.05) is 0 Å². The number of carbonyl (C=O) groups is 2. The number of hydrogen-bond acceptors (Lipinski definition) is 5. The van der Waals surface area contributed by atoms with Gasteiger partial charge in [-0.2, -0.15) is 0 Å². The predicted octanol–water partition coefficient (Wildman–Crippen LogP) is -0.120. The molecular weight excluding hydrogens is 176 g/mol. The molecule has 1 rings (SSSR count). The third kappa shape index (κ3) is 3.89. The van der Waals surface area contributed by atoms with Gasteiger partial charge in [0.25, 0.3) is 0 Å². The van der Waals surface area contributed by atoms with Gasteiger partial charge >= 0.3 is 11.9 Å². The van der Waals surface area contributed by atoms with Gasteiger partial charge in [-0.05, 0) is 6.92 Å². The summed E-state index contributed by atoms with van der Waals surface area (Å²) in [6.45, 7) is 3.59. The molecule has 74 valence electrons. The van der Waals surface area contributed by atoms with E-state index in [-0.39, 0.29) is 12.7 Å². The Kier molecular flexibility index (Phi) is 3.25. The van der Waals surface area contributed by atoms with Crippen molar-refractivity contribution in [1.29, 1.82) is 0 Å². The second-order valence-corrected chi connectivity index (χ2v) is 2.84. The summed E-state index contributed by atoms with van der Waals surface area (Å²) in [7, 11) is 0. The van der Waals surface area contributed by atoms with E-state index in [0.717, 1.165) is 0 Å². The van der Waals surface area contributed by atoms with E-state index in [4.69, 9.17) is 9.47 Å². The van der Waals surface area contributed by atoms with Crippen LogP contribution in [0.2, 0.25) is 0 Å². The number of hydrogen-bond donors (Lipinski definition) is 0. The van der Waals surface area contributed by atoms with Crippen LogP contribution in [0.4, 0.5) is 0 Å². The maximum atomic E-state index is 11.1. The third-order valence-corrected chi connectivity index (χ3v) is 1.49. The molecule has 1 heterocycles. The van der Waals surface area contributed by atoms with E-state index in [0.29, 0.717) is 6.61 Å². The van der Waals surface area contributed by atoms with Crippen LogP contribution < -0.4 is 0 Å². The molecule has 1 saturated heterocycles. The lowest BCUT2D eigenvalue weighted by Crippen LogP contribution is -2.26. The van der Waals surface area contributed by atoms with E-state index in [1.54, 1.807) is 0 Å². The molecule has 0 radical (unpaired) electrons. The van der Waals surface area contributed by atoms with Crippen LogP contribution in [-0.2, 0) is 23.8 Å². The lowest BCUT2D eigenvalue weighted by atomic mass is 10.4. The fraction of sp³-hybridized carbons (Fsp3) is 0.750. The van der Waals surface area contributed by atoms with Gasteiger partial charge in [0.15, 0.2) is 6.10 Å². The van der Waals surface area contributed by atoms with Crippen molar-refractivity contribution in [2.24, 2.45) is 0 Å². The second-order valence-electron chi connectivity index (χ2n) is 2.84. The first kappa shape index (κ1) is 9.98. The summed E-state index contributed by atoms with van der Waals surface area (Å²) < 4.78 is 14.2.